The van der Waals surface area contributed by atoms with Crippen LogP contribution in [-0.4, -0.2) is 34.3 Å². The number of hydrogen-bond acceptors (Lipinski definition) is 5. The first-order chi connectivity index (χ1) is 9.54. The average Bonchev–Trinajstić information content (AvgIpc) is 2.40. The molecule has 6 nitrogen and oxygen atoms in total. The number of aliphatic hydroxyl groups is 1. The lowest BCUT2D eigenvalue weighted by Crippen LogP contribution is -2.38. The Kier molecular flexibility index (Phi) is 4.97. The van der Waals surface area contributed by atoms with Gasteiger partial charge in [-0.2, -0.15) is 0 Å². The number of thioether (sulfide) groups is 1. The lowest BCUT2D eigenvalue weighted by atomic mass is 9.82. The maximum atomic E-state index is 11.6. The maximum Gasteiger partial charge on any atom is 0.269 e. The molecule has 1 aromatic carbocycles. The Hall–Kier alpha value is -1.60. The highest BCUT2D eigenvalue weighted by Gasteiger charge is 2.27. The fourth-order valence-electron chi connectivity index (χ4n) is 1.99. The molecule has 0 radical (unpaired) electrons. The number of benzene rings is 1. The number of nitrogens with zero attached hydrogens (tertiary/aromatic N) is 1. The van der Waals surface area contributed by atoms with E-state index in [9.17, 15) is 14.9 Å². The minimum atomic E-state index is -0.450. The molecular formula is C13H16N2O4S. The van der Waals surface area contributed by atoms with E-state index in [0.717, 1.165) is 17.7 Å². The van der Waals surface area contributed by atoms with Crippen molar-refractivity contribution in [3.63, 3.8) is 0 Å². The van der Waals surface area contributed by atoms with E-state index in [1.807, 2.05) is 0 Å². The Morgan fingerprint density at radius 1 is 1.40 bits per heavy atom. The Bertz CT molecular complexity index is 486. The normalized spacial score (nSPS) is 21.1. The highest BCUT2D eigenvalue weighted by atomic mass is 32.2. The summed E-state index contributed by atoms with van der Waals surface area (Å²) in [6, 6.07) is 6.13. The molecule has 1 aliphatic rings. The van der Waals surface area contributed by atoms with Crippen molar-refractivity contribution in [1.82, 2.24) is 5.32 Å². The molecule has 1 aliphatic carbocycles. The van der Waals surface area contributed by atoms with Crippen LogP contribution in [0.25, 0.3) is 0 Å². The van der Waals surface area contributed by atoms with Gasteiger partial charge >= 0.3 is 0 Å². The second-order valence-electron chi connectivity index (χ2n) is 4.84. The van der Waals surface area contributed by atoms with Gasteiger partial charge in [-0.15, -0.1) is 11.8 Å². The first-order valence-corrected chi connectivity index (χ1v) is 7.35. The number of amides is 1. The fourth-order valence-corrected chi connectivity index (χ4v) is 2.72. The molecule has 0 atom stereocenters. The Balaban J connectivity index is 1.68. The van der Waals surface area contributed by atoms with E-state index in [4.69, 9.17) is 5.11 Å². The fraction of sp³-hybridized carbons (Fsp3) is 0.462. The molecule has 0 aromatic heterocycles. The predicted molar refractivity (Wildman–Crippen MR) is 75.6 cm³/mol. The van der Waals surface area contributed by atoms with Gasteiger partial charge in [-0.05, 0) is 30.9 Å². The Labute approximate surface area is 120 Å². The zero-order valence-corrected chi connectivity index (χ0v) is 11.6. The molecule has 0 bridgehead atoms. The summed E-state index contributed by atoms with van der Waals surface area (Å²) >= 11 is 1.34. The lowest BCUT2D eigenvalue weighted by molar-refractivity contribution is -0.384. The molecule has 1 amide bonds. The largest absolute Gasteiger partial charge is 0.393 e. The molecule has 108 valence electrons. The quantitative estimate of drug-likeness (QED) is 0.472. The lowest BCUT2D eigenvalue weighted by Gasteiger charge is -2.31. The van der Waals surface area contributed by atoms with E-state index in [-0.39, 0.29) is 23.5 Å². The summed E-state index contributed by atoms with van der Waals surface area (Å²) in [6.07, 6.45) is 1.32. The van der Waals surface area contributed by atoms with Crippen molar-refractivity contribution >= 4 is 23.4 Å². The number of rotatable bonds is 6. The minimum absolute atomic E-state index is 0.0438. The molecule has 2 N–H and O–H groups in total. The number of hydrogen-bond donors (Lipinski definition) is 2. The summed E-state index contributed by atoms with van der Waals surface area (Å²) in [5.41, 5.74) is 0.0438. The molecule has 1 aromatic rings. The molecular weight excluding hydrogens is 280 g/mol. The predicted octanol–water partition coefficient (Wildman–Crippen LogP) is 1.57. The Morgan fingerprint density at radius 3 is 2.60 bits per heavy atom. The number of nitro benzene ring substituents is 1. The molecule has 1 fully saturated rings. The van der Waals surface area contributed by atoms with Crippen LogP contribution in [0.1, 0.15) is 12.8 Å². The van der Waals surface area contributed by atoms with E-state index < -0.39 is 4.92 Å². The van der Waals surface area contributed by atoms with Crippen molar-refractivity contribution in [3.05, 3.63) is 34.4 Å². The molecule has 0 spiro atoms. The van der Waals surface area contributed by atoms with Gasteiger partial charge in [0.15, 0.2) is 0 Å². The van der Waals surface area contributed by atoms with Gasteiger partial charge in [0.05, 0.1) is 16.8 Å². The third kappa shape index (κ3) is 4.21. The minimum Gasteiger partial charge on any atom is -0.393 e. The van der Waals surface area contributed by atoms with Gasteiger partial charge in [0, 0.05) is 23.6 Å². The van der Waals surface area contributed by atoms with Crippen LogP contribution in [0.4, 0.5) is 5.69 Å². The smallest absolute Gasteiger partial charge is 0.269 e. The zero-order chi connectivity index (χ0) is 14.5. The van der Waals surface area contributed by atoms with Crippen LogP contribution in [-0.2, 0) is 4.79 Å². The molecule has 7 heteroatoms. The molecule has 0 heterocycles. The molecule has 1 saturated carbocycles. The van der Waals surface area contributed by atoms with Crippen LogP contribution >= 0.6 is 11.8 Å². The second-order valence-corrected chi connectivity index (χ2v) is 5.88. The van der Waals surface area contributed by atoms with Gasteiger partial charge < -0.3 is 10.4 Å². The van der Waals surface area contributed by atoms with Crippen LogP contribution in [0.5, 0.6) is 0 Å². The first-order valence-electron chi connectivity index (χ1n) is 6.36. The van der Waals surface area contributed by atoms with Crippen LogP contribution in [0.15, 0.2) is 29.2 Å². The SMILES string of the molecule is O=C(CSc1ccc([N+](=O)[O-])cc1)NCC1CC(O)C1. The summed E-state index contributed by atoms with van der Waals surface area (Å²) in [4.78, 5) is 22.5. The molecule has 0 aliphatic heterocycles. The number of non-ortho nitro benzene ring substituents is 1. The van der Waals surface area contributed by atoms with E-state index in [1.54, 1.807) is 12.1 Å². The number of aliphatic hydroxyl groups excluding tert-OH is 1. The van der Waals surface area contributed by atoms with Gasteiger partial charge in [-0.25, -0.2) is 0 Å². The van der Waals surface area contributed by atoms with Gasteiger partial charge in [0.2, 0.25) is 5.91 Å². The molecule has 20 heavy (non-hydrogen) atoms. The van der Waals surface area contributed by atoms with Crippen LogP contribution in [0, 0.1) is 16.0 Å². The van der Waals surface area contributed by atoms with Crippen molar-refractivity contribution in [2.24, 2.45) is 5.92 Å². The van der Waals surface area contributed by atoms with Crippen molar-refractivity contribution < 1.29 is 14.8 Å². The number of nitro groups is 1. The monoisotopic (exact) mass is 296 g/mol. The second kappa shape index (κ2) is 6.71. The standard InChI is InChI=1S/C13H16N2O4S/c16-11-5-9(6-11)7-14-13(17)8-20-12-3-1-10(2-4-12)15(18)19/h1-4,9,11,16H,5-8H2,(H,14,17). The van der Waals surface area contributed by atoms with Gasteiger partial charge in [-0.3, -0.25) is 14.9 Å². The van der Waals surface area contributed by atoms with Crippen LogP contribution in [0.3, 0.4) is 0 Å². The summed E-state index contributed by atoms with van der Waals surface area (Å²) < 4.78 is 0. The van der Waals surface area contributed by atoms with E-state index in [0.29, 0.717) is 12.5 Å². The third-order valence-corrected chi connectivity index (χ3v) is 4.23. The van der Waals surface area contributed by atoms with E-state index in [2.05, 4.69) is 5.32 Å². The van der Waals surface area contributed by atoms with Gasteiger partial charge in [-0.1, -0.05) is 0 Å². The van der Waals surface area contributed by atoms with Crippen LogP contribution < -0.4 is 5.32 Å². The zero-order valence-electron chi connectivity index (χ0n) is 10.8. The van der Waals surface area contributed by atoms with Gasteiger partial charge in [0.1, 0.15) is 0 Å². The topological polar surface area (TPSA) is 92.5 Å². The van der Waals surface area contributed by atoms with Crippen molar-refractivity contribution in [1.29, 1.82) is 0 Å². The number of nitrogens with one attached hydrogen (secondary N) is 1. The average molecular weight is 296 g/mol. The highest BCUT2D eigenvalue weighted by Crippen LogP contribution is 2.26. The van der Waals surface area contributed by atoms with Gasteiger partial charge in [0.25, 0.3) is 5.69 Å². The van der Waals surface area contributed by atoms with Crippen LogP contribution in [0.2, 0.25) is 0 Å². The van der Waals surface area contributed by atoms with Crippen molar-refractivity contribution in [3.8, 4) is 0 Å². The third-order valence-electron chi connectivity index (χ3n) is 3.22. The first kappa shape index (κ1) is 14.8. The summed E-state index contributed by atoms with van der Waals surface area (Å²) in [5.74, 6) is 0.612. The van der Waals surface area contributed by atoms with Crippen molar-refractivity contribution in [2.45, 2.75) is 23.8 Å². The van der Waals surface area contributed by atoms with E-state index in [1.165, 1.54) is 23.9 Å². The summed E-state index contributed by atoms with van der Waals surface area (Å²) in [6.45, 7) is 0.608. The van der Waals surface area contributed by atoms with E-state index >= 15 is 0 Å². The molecule has 0 unspecified atom stereocenters. The maximum absolute atomic E-state index is 11.6. The highest BCUT2D eigenvalue weighted by molar-refractivity contribution is 8.00. The summed E-state index contributed by atoms with van der Waals surface area (Å²) in [7, 11) is 0. The van der Waals surface area contributed by atoms with Crippen molar-refractivity contribution in [2.75, 3.05) is 12.3 Å². The summed E-state index contributed by atoms with van der Waals surface area (Å²) in [5, 5.41) is 22.5. The number of carbonyl (C=O) groups excluding carboxylic acids is 1. The molecule has 0 saturated heterocycles. The number of carbonyl (C=O) groups is 1. The Morgan fingerprint density at radius 2 is 2.05 bits per heavy atom. The molecule has 2 rings (SSSR count).